The maximum atomic E-state index is 11.1. The molecule has 0 aromatic heterocycles. The van der Waals surface area contributed by atoms with Crippen LogP contribution in [0.1, 0.15) is 25.0 Å². The Morgan fingerprint density at radius 2 is 1.80 bits per heavy atom. The standard InChI is InChI=1S/C12H17NO2/c1-9-5-7-10(8-6-9)12(2,3)13-11(14)15-4/h5-8H,1-4H3,(H,13,14). The molecule has 0 atom stereocenters. The van der Waals surface area contributed by atoms with Gasteiger partial charge in [0.05, 0.1) is 12.6 Å². The largest absolute Gasteiger partial charge is 0.453 e. The molecule has 1 rings (SSSR count). The summed E-state index contributed by atoms with van der Waals surface area (Å²) in [5, 5.41) is 2.78. The third kappa shape index (κ3) is 2.98. The molecule has 1 N–H and O–H groups in total. The van der Waals surface area contributed by atoms with Crippen LogP contribution in [0.3, 0.4) is 0 Å². The van der Waals surface area contributed by atoms with Gasteiger partial charge in [-0.3, -0.25) is 0 Å². The normalized spacial score (nSPS) is 10.9. The van der Waals surface area contributed by atoms with Crippen molar-refractivity contribution >= 4 is 6.09 Å². The number of ether oxygens (including phenoxy) is 1. The molecule has 0 spiro atoms. The summed E-state index contributed by atoms with van der Waals surface area (Å²) in [7, 11) is 1.36. The highest BCUT2D eigenvalue weighted by atomic mass is 16.5. The first-order valence-corrected chi connectivity index (χ1v) is 4.89. The monoisotopic (exact) mass is 207 g/mol. The maximum absolute atomic E-state index is 11.1. The lowest BCUT2D eigenvalue weighted by molar-refractivity contribution is 0.159. The number of aryl methyl sites for hydroxylation is 1. The van der Waals surface area contributed by atoms with Crippen LogP contribution in [0.2, 0.25) is 0 Å². The zero-order chi connectivity index (χ0) is 11.5. The van der Waals surface area contributed by atoms with Gasteiger partial charge in [-0.15, -0.1) is 0 Å². The van der Waals surface area contributed by atoms with Gasteiger partial charge in [0, 0.05) is 0 Å². The fourth-order valence-electron chi connectivity index (χ4n) is 1.35. The maximum Gasteiger partial charge on any atom is 0.407 e. The van der Waals surface area contributed by atoms with Crippen molar-refractivity contribution in [3.05, 3.63) is 35.4 Å². The molecule has 3 nitrogen and oxygen atoms in total. The summed E-state index contributed by atoms with van der Waals surface area (Å²) in [5.74, 6) is 0. The van der Waals surface area contributed by atoms with Gasteiger partial charge >= 0.3 is 6.09 Å². The third-order valence-electron chi connectivity index (χ3n) is 2.37. The molecule has 0 radical (unpaired) electrons. The van der Waals surface area contributed by atoms with E-state index in [1.54, 1.807) is 0 Å². The summed E-state index contributed by atoms with van der Waals surface area (Å²) in [6, 6.07) is 8.06. The zero-order valence-electron chi connectivity index (χ0n) is 9.63. The van der Waals surface area contributed by atoms with Crippen molar-refractivity contribution in [1.82, 2.24) is 5.32 Å². The SMILES string of the molecule is COC(=O)NC(C)(C)c1ccc(C)cc1. The van der Waals surface area contributed by atoms with Crippen molar-refractivity contribution in [2.75, 3.05) is 7.11 Å². The van der Waals surface area contributed by atoms with Crippen LogP contribution in [0.25, 0.3) is 0 Å². The molecule has 1 aromatic rings. The number of benzene rings is 1. The highest BCUT2D eigenvalue weighted by Gasteiger charge is 2.22. The van der Waals surface area contributed by atoms with E-state index >= 15 is 0 Å². The number of nitrogens with one attached hydrogen (secondary N) is 1. The minimum absolute atomic E-state index is 0.416. The van der Waals surface area contributed by atoms with Crippen LogP contribution in [0.4, 0.5) is 4.79 Å². The molecule has 0 aliphatic rings. The Kier molecular flexibility index (Phi) is 3.35. The average Bonchev–Trinajstić information content (AvgIpc) is 2.17. The van der Waals surface area contributed by atoms with Crippen LogP contribution < -0.4 is 5.32 Å². The molecule has 0 unspecified atom stereocenters. The fraction of sp³-hybridized carbons (Fsp3) is 0.417. The van der Waals surface area contributed by atoms with E-state index in [4.69, 9.17) is 0 Å². The van der Waals surface area contributed by atoms with Crippen molar-refractivity contribution in [1.29, 1.82) is 0 Å². The Balaban J connectivity index is 2.85. The van der Waals surface area contributed by atoms with E-state index in [9.17, 15) is 4.79 Å². The average molecular weight is 207 g/mol. The van der Waals surface area contributed by atoms with Crippen molar-refractivity contribution in [2.45, 2.75) is 26.3 Å². The summed E-state index contributed by atoms with van der Waals surface area (Å²) in [4.78, 5) is 11.1. The lowest BCUT2D eigenvalue weighted by Crippen LogP contribution is -2.40. The number of alkyl carbamates (subject to hydrolysis) is 1. The molecule has 0 aliphatic heterocycles. The number of rotatable bonds is 2. The van der Waals surface area contributed by atoms with Crippen LogP contribution in [-0.4, -0.2) is 13.2 Å². The Labute approximate surface area is 90.4 Å². The fourth-order valence-corrected chi connectivity index (χ4v) is 1.35. The summed E-state index contributed by atoms with van der Waals surface area (Å²) in [5.41, 5.74) is 1.84. The van der Waals surface area contributed by atoms with E-state index in [0.717, 1.165) is 5.56 Å². The molecule has 82 valence electrons. The molecule has 15 heavy (non-hydrogen) atoms. The van der Waals surface area contributed by atoms with Crippen LogP contribution in [0.15, 0.2) is 24.3 Å². The quantitative estimate of drug-likeness (QED) is 0.809. The highest BCUT2D eigenvalue weighted by molar-refractivity contribution is 5.68. The molecule has 0 heterocycles. The predicted molar refractivity (Wildman–Crippen MR) is 59.7 cm³/mol. The Morgan fingerprint density at radius 3 is 2.27 bits per heavy atom. The van der Waals surface area contributed by atoms with Crippen LogP contribution in [-0.2, 0) is 10.3 Å². The first kappa shape index (κ1) is 11.6. The van der Waals surface area contributed by atoms with E-state index in [-0.39, 0.29) is 0 Å². The smallest absolute Gasteiger partial charge is 0.407 e. The van der Waals surface area contributed by atoms with E-state index in [1.807, 2.05) is 45.0 Å². The second kappa shape index (κ2) is 4.34. The molecule has 1 aromatic carbocycles. The van der Waals surface area contributed by atoms with Crippen LogP contribution in [0, 0.1) is 6.92 Å². The van der Waals surface area contributed by atoms with Crippen molar-refractivity contribution < 1.29 is 9.53 Å². The summed E-state index contributed by atoms with van der Waals surface area (Å²) in [6.45, 7) is 5.91. The lowest BCUT2D eigenvalue weighted by Gasteiger charge is -2.26. The van der Waals surface area contributed by atoms with Crippen LogP contribution in [0.5, 0.6) is 0 Å². The molecular weight excluding hydrogens is 190 g/mol. The predicted octanol–water partition coefficient (Wildman–Crippen LogP) is 2.59. The second-order valence-corrected chi connectivity index (χ2v) is 4.11. The van der Waals surface area contributed by atoms with E-state index < -0.39 is 11.6 Å². The molecule has 0 bridgehead atoms. The topological polar surface area (TPSA) is 38.3 Å². The molecule has 0 aliphatic carbocycles. The Hall–Kier alpha value is -1.51. The van der Waals surface area contributed by atoms with Gasteiger partial charge in [0.2, 0.25) is 0 Å². The van der Waals surface area contributed by atoms with Crippen molar-refractivity contribution in [3.63, 3.8) is 0 Å². The molecule has 0 saturated heterocycles. The summed E-state index contributed by atoms with van der Waals surface area (Å²) < 4.78 is 4.58. The zero-order valence-corrected chi connectivity index (χ0v) is 9.63. The lowest BCUT2D eigenvalue weighted by atomic mass is 9.94. The Morgan fingerprint density at radius 1 is 1.27 bits per heavy atom. The highest BCUT2D eigenvalue weighted by Crippen LogP contribution is 2.20. The molecule has 3 heteroatoms. The number of hydrogen-bond acceptors (Lipinski definition) is 2. The molecule has 1 amide bonds. The van der Waals surface area contributed by atoms with Gasteiger partial charge < -0.3 is 10.1 Å². The summed E-state index contributed by atoms with van der Waals surface area (Å²) in [6.07, 6.45) is -0.416. The number of carbonyl (C=O) groups is 1. The molecule has 0 saturated carbocycles. The van der Waals surface area contributed by atoms with Crippen molar-refractivity contribution in [2.24, 2.45) is 0 Å². The summed E-state index contributed by atoms with van der Waals surface area (Å²) >= 11 is 0. The van der Waals surface area contributed by atoms with E-state index in [0.29, 0.717) is 0 Å². The van der Waals surface area contributed by atoms with Gasteiger partial charge in [-0.2, -0.15) is 0 Å². The first-order chi connectivity index (χ1) is 6.95. The number of methoxy groups -OCH3 is 1. The minimum Gasteiger partial charge on any atom is -0.453 e. The second-order valence-electron chi connectivity index (χ2n) is 4.11. The van der Waals surface area contributed by atoms with E-state index in [1.165, 1.54) is 12.7 Å². The van der Waals surface area contributed by atoms with E-state index in [2.05, 4.69) is 10.1 Å². The molecule has 0 fully saturated rings. The number of hydrogen-bond donors (Lipinski definition) is 1. The van der Waals surface area contributed by atoms with Gasteiger partial charge in [-0.05, 0) is 26.3 Å². The van der Waals surface area contributed by atoms with Gasteiger partial charge in [-0.25, -0.2) is 4.79 Å². The minimum atomic E-state index is -0.416. The number of carbonyl (C=O) groups excluding carboxylic acids is 1. The third-order valence-corrected chi connectivity index (χ3v) is 2.37. The van der Waals surface area contributed by atoms with Crippen LogP contribution >= 0.6 is 0 Å². The van der Waals surface area contributed by atoms with Gasteiger partial charge in [-0.1, -0.05) is 29.8 Å². The van der Waals surface area contributed by atoms with Crippen molar-refractivity contribution in [3.8, 4) is 0 Å². The van der Waals surface area contributed by atoms with Gasteiger partial charge in [0.25, 0.3) is 0 Å². The number of amides is 1. The van der Waals surface area contributed by atoms with Gasteiger partial charge in [0.1, 0.15) is 0 Å². The molecular formula is C12H17NO2. The first-order valence-electron chi connectivity index (χ1n) is 4.89. The van der Waals surface area contributed by atoms with Gasteiger partial charge in [0.15, 0.2) is 0 Å². The Bertz CT molecular complexity index is 341.